The molecule has 0 unspecified atom stereocenters. The van der Waals surface area contributed by atoms with E-state index in [2.05, 4.69) is 133 Å². The van der Waals surface area contributed by atoms with Gasteiger partial charge >= 0.3 is 0 Å². The fourth-order valence-electron chi connectivity index (χ4n) is 8.00. The molecule has 3 aliphatic carbocycles. The molecule has 2 heteroatoms. The van der Waals surface area contributed by atoms with E-state index in [0.717, 1.165) is 59.3 Å². The lowest BCUT2D eigenvalue weighted by molar-refractivity contribution is 1.04. The molecule has 0 radical (unpaired) electrons. The summed E-state index contributed by atoms with van der Waals surface area (Å²) < 4.78 is 0. The molecule has 0 aliphatic heterocycles. The number of allylic oxidation sites excluding steroid dienone is 4. The van der Waals surface area contributed by atoms with E-state index in [1.165, 1.54) is 66.4 Å². The number of fused-ring (bicyclic) bond motifs is 6. The molecule has 0 atom stereocenters. The summed E-state index contributed by atoms with van der Waals surface area (Å²) in [5.74, 6) is 0. The zero-order valence-corrected chi connectivity index (χ0v) is 26.4. The Hall–Kier alpha value is -6.04. The van der Waals surface area contributed by atoms with Gasteiger partial charge in [-0.2, -0.15) is 0 Å². The van der Waals surface area contributed by atoms with Crippen molar-refractivity contribution in [2.45, 2.75) is 25.7 Å². The fraction of sp³-hybridized carbons (Fsp3) is 0.0870. The number of nitrogens with zero attached hydrogens (tertiary/aromatic N) is 2. The highest BCUT2D eigenvalue weighted by Gasteiger charge is 2.27. The van der Waals surface area contributed by atoms with Crippen LogP contribution in [0.4, 0.5) is 0 Å². The third kappa shape index (κ3) is 4.36. The molecule has 0 saturated carbocycles. The van der Waals surface area contributed by atoms with Gasteiger partial charge in [0, 0.05) is 23.5 Å². The van der Waals surface area contributed by atoms with Crippen molar-refractivity contribution >= 4 is 21.9 Å². The monoisotopic (exact) mass is 610 g/mol. The molecule has 0 fully saturated rings. The Bertz CT molecular complexity index is 2480. The zero-order chi connectivity index (χ0) is 31.6. The first-order valence-electron chi connectivity index (χ1n) is 16.8. The highest BCUT2D eigenvalue weighted by atomic mass is 14.7. The zero-order valence-electron chi connectivity index (χ0n) is 26.4. The van der Waals surface area contributed by atoms with E-state index in [1.54, 1.807) is 0 Å². The van der Waals surface area contributed by atoms with Gasteiger partial charge in [0.1, 0.15) is 0 Å². The van der Waals surface area contributed by atoms with Crippen LogP contribution in [0, 0.1) is 12.1 Å². The Morgan fingerprint density at radius 2 is 1.19 bits per heavy atom. The van der Waals surface area contributed by atoms with Crippen LogP contribution in [0.2, 0.25) is 0 Å². The third-order valence-corrected chi connectivity index (χ3v) is 10.4. The van der Waals surface area contributed by atoms with Crippen molar-refractivity contribution in [2.24, 2.45) is 0 Å². The lowest BCUT2D eigenvalue weighted by atomic mass is 9.89. The van der Waals surface area contributed by atoms with Gasteiger partial charge in [0.05, 0.1) is 17.0 Å². The van der Waals surface area contributed by atoms with Crippen molar-refractivity contribution in [2.75, 3.05) is 0 Å². The molecular formula is C46H30N2. The lowest BCUT2D eigenvalue weighted by Gasteiger charge is -2.17. The minimum Gasteiger partial charge on any atom is -0.256 e. The lowest BCUT2D eigenvalue weighted by Crippen LogP contribution is -1.99. The second kappa shape index (κ2) is 10.8. The van der Waals surface area contributed by atoms with Gasteiger partial charge in [-0.15, -0.1) is 0 Å². The van der Waals surface area contributed by atoms with E-state index in [0.29, 0.717) is 0 Å². The Labute approximate surface area is 280 Å². The number of benzene rings is 4. The van der Waals surface area contributed by atoms with Gasteiger partial charge in [0.2, 0.25) is 0 Å². The topological polar surface area (TPSA) is 25.8 Å². The minimum absolute atomic E-state index is 0.911. The number of hydrogen-bond acceptors (Lipinski definition) is 2. The van der Waals surface area contributed by atoms with Crippen LogP contribution in [0.3, 0.4) is 0 Å². The number of rotatable bonds is 4. The Morgan fingerprint density at radius 1 is 0.542 bits per heavy atom. The van der Waals surface area contributed by atoms with E-state index in [9.17, 15) is 0 Å². The summed E-state index contributed by atoms with van der Waals surface area (Å²) in [6.07, 6.45) is 10.5. The molecule has 224 valence electrons. The standard InChI is InChI=1S/C46H30N2/c1-3-9-37-33(7-1)25-43-39(37)11-5-13-41(43)45-21-19-35(27-47-45)31-17-15-30-24-32(18-16-29(30)23-31)36-20-22-46(48-28-36)42-14-6-12-40-38-10-4-2-8-34(38)26-44(40)42/h1-4,7-10,12-13,15-24,27-28H,5,11,25-26H2. The predicted octanol–water partition coefficient (Wildman–Crippen LogP) is 11.0. The molecule has 48 heavy (non-hydrogen) atoms. The summed E-state index contributed by atoms with van der Waals surface area (Å²) in [6.45, 7) is 0. The smallest absolute Gasteiger partial charge is 0.0789 e. The molecule has 7 aromatic rings. The van der Waals surface area contributed by atoms with Gasteiger partial charge in [-0.25, -0.2) is 0 Å². The Kier molecular flexibility index (Phi) is 6.08. The largest absolute Gasteiger partial charge is 0.256 e. The normalized spacial score (nSPS) is 14.2. The van der Waals surface area contributed by atoms with Crippen molar-refractivity contribution < 1.29 is 0 Å². The van der Waals surface area contributed by atoms with Gasteiger partial charge in [0.25, 0.3) is 0 Å². The van der Waals surface area contributed by atoms with Crippen molar-refractivity contribution in [3.8, 4) is 44.6 Å². The Balaban J connectivity index is 0.896. The van der Waals surface area contributed by atoms with E-state index in [4.69, 9.17) is 9.97 Å². The molecule has 2 aromatic heterocycles. The van der Waals surface area contributed by atoms with E-state index in [-0.39, 0.29) is 0 Å². The fourth-order valence-corrected chi connectivity index (χ4v) is 8.00. The van der Waals surface area contributed by atoms with E-state index < -0.39 is 0 Å². The number of hydrogen-bond donors (Lipinski definition) is 0. The van der Waals surface area contributed by atoms with Gasteiger partial charge in [-0.1, -0.05) is 103 Å². The van der Waals surface area contributed by atoms with Gasteiger partial charge in [-0.05, 0) is 128 Å². The summed E-state index contributed by atoms with van der Waals surface area (Å²) in [7, 11) is 0. The van der Waals surface area contributed by atoms with Crippen molar-refractivity contribution in [3.05, 3.63) is 179 Å². The molecule has 2 heterocycles. The maximum Gasteiger partial charge on any atom is 0.0789 e. The summed E-state index contributed by atoms with van der Waals surface area (Å²) >= 11 is 0. The van der Waals surface area contributed by atoms with Crippen LogP contribution in [-0.4, -0.2) is 9.97 Å². The SMILES string of the molecule is c1cc2c(c(-c3ccc(-c4ccc5cc(-c6ccc(C7=CCCC8=C7Cc7ccccc78)nc6)ccc5c4)cn3)c#1)Cc1ccccc1-2. The highest BCUT2D eigenvalue weighted by molar-refractivity contribution is 5.95. The summed E-state index contributed by atoms with van der Waals surface area (Å²) in [4.78, 5) is 9.88. The molecule has 3 aliphatic rings. The third-order valence-electron chi connectivity index (χ3n) is 10.4. The summed E-state index contributed by atoms with van der Waals surface area (Å²) in [5.41, 5.74) is 20.0. The van der Waals surface area contributed by atoms with Crippen LogP contribution in [0.25, 0.3) is 66.6 Å². The van der Waals surface area contributed by atoms with Crippen molar-refractivity contribution in [1.82, 2.24) is 9.97 Å². The second-order valence-corrected chi connectivity index (χ2v) is 13.1. The van der Waals surface area contributed by atoms with Crippen LogP contribution in [0.15, 0.2) is 139 Å². The molecule has 5 aromatic carbocycles. The van der Waals surface area contributed by atoms with Gasteiger partial charge in [0.15, 0.2) is 0 Å². The van der Waals surface area contributed by atoms with Crippen molar-refractivity contribution in [3.63, 3.8) is 0 Å². The van der Waals surface area contributed by atoms with Crippen LogP contribution in [0.1, 0.15) is 40.8 Å². The first-order chi connectivity index (χ1) is 23.8. The highest BCUT2D eigenvalue weighted by Crippen LogP contribution is 2.45. The predicted molar refractivity (Wildman–Crippen MR) is 196 cm³/mol. The quantitative estimate of drug-likeness (QED) is 0.198. The van der Waals surface area contributed by atoms with Crippen LogP contribution in [-0.2, 0) is 12.8 Å². The number of aromatic nitrogens is 2. The van der Waals surface area contributed by atoms with Crippen LogP contribution in [0.5, 0.6) is 0 Å². The maximum absolute atomic E-state index is 4.98. The maximum atomic E-state index is 4.98. The molecule has 0 bridgehead atoms. The Morgan fingerprint density at radius 3 is 1.90 bits per heavy atom. The van der Waals surface area contributed by atoms with Gasteiger partial charge < -0.3 is 0 Å². The molecule has 10 rings (SSSR count). The van der Waals surface area contributed by atoms with Crippen LogP contribution < -0.4 is 0 Å². The minimum atomic E-state index is 0.911. The molecule has 2 nitrogen and oxygen atoms in total. The number of pyridine rings is 2. The average Bonchev–Trinajstić information content (AvgIpc) is 3.73. The first kappa shape index (κ1) is 27.1. The summed E-state index contributed by atoms with van der Waals surface area (Å²) in [5, 5.41) is 2.42. The summed E-state index contributed by atoms with van der Waals surface area (Å²) in [6, 6.07) is 48.2. The van der Waals surface area contributed by atoms with Crippen molar-refractivity contribution in [1.29, 1.82) is 0 Å². The van der Waals surface area contributed by atoms with Crippen LogP contribution >= 0.6 is 0 Å². The first-order valence-corrected chi connectivity index (χ1v) is 16.8. The van der Waals surface area contributed by atoms with E-state index in [1.807, 2.05) is 12.4 Å². The molecule has 0 amide bonds. The second-order valence-electron chi connectivity index (χ2n) is 13.1. The average molecular weight is 611 g/mol. The molecule has 0 N–H and O–H groups in total. The van der Waals surface area contributed by atoms with E-state index >= 15 is 0 Å². The van der Waals surface area contributed by atoms with Gasteiger partial charge in [-0.3, -0.25) is 9.97 Å². The molecular weight excluding hydrogens is 581 g/mol. The molecule has 0 spiro atoms. The molecule has 0 saturated heterocycles.